The molecule has 0 fully saturated rings. The largest absolute Gasteiger partial charge is 0.382 e. The number of nitrogens with zero attached hydrogens (tertiary/aromatic N) is 14. The van der Waals surface area contributed by atoms with Gasteiger partial charge in [0, 0.05) is 46.0 Å². The van der Waals surface area contributed by atoms with Crippen molar-refractivity contribution in [2.45, 2.75) is 62.3 Å². The lowest BCUT2D eigenvalue weighted by Crippen LogP contribution is -1.99. The molecular weight excluding hydrogens is 731 g/mol. The molecule has 0 spiro atoms. The summed E-state index contributed by atoms with van der Waals surface area (Å²) >= 11 is 0. The third-order valence-corrected chi connectivity index (χ3v) is 9.68. The van der Waals surface area contributed by atoms with Crippen molar-refractivity contribution in [3.05, 3.63) is 100 Å². The lowest BCUT2D eigenvalue weighted by Gasteiger charge is -1.99. The number of hydrogen-bond acceptors (Lipinski definition) is 13. The molecule has 58 heavy (non-hydrogen) atoms. The summed E-state index contributed by atoms with van der Waals surface area (Å²) in [5.41, 5.74) is 30.4. The van der Waals surface area contributed by atoms with E-state index in [-0.39, 0.29) is 0 Å². The Bertz CT molecular complexity index is 2870. The summed E-state index contributed by atoms with van der Waals surface area (Å²) in [7, 11) is 7.64. The van der Waals surface area contributed by atoms with Gasteiger partial charge in [-0.3, -0.25) is 4.68 Å². The minimum Gasteiger partial charge on any atom is -0.382 e. The zero-order valence-electron chi connectivity index (χ0n) is 35.6. The Hall–Kier alpha value is -7.04. The van der Waals surface area contributed by atoms with Gasteiger partial charge in [0.15, 0.2) is 39.9 Å². The molecule has 302 valence electrons. The highest BCUT2D eigenvalue weighted by molar-refractivity contribution is 5.87. The average Bonchev–Trinajstić information content (AvgIpc) is 3.94. The molecule has 0 aliphatic rings. The number of anilines is 3. The molecule has 6 N–H and O–H groups in total. The van der Waals surface area contributed by atoms with Crippen molar-refractivity contribution in [1.82, 2.24) is 68.3 Å². The van der Waals surface area contributed by atoms with E-state index in [2.05, 4.69) is 103 Å². The molecule has 0 amide bonds. The van der Waals surface area contributed by atoms with E-state index in [1.165, 1.54) is 27.8 Å². The van der Waals surface area contributed by atoms with E-state index in [0.29, 0.717) is 40.1 Å². The number of fused-ring (bicyclic) bond motifs is 4. The Morgan fingerprint density at radius 2 is 1.10 bits per heavy atom. The van der Waals surface area contributed by atoms with Crippen molar-refractivity contribution < 1.29 is 0 Å². The highest BCUT2D eigenvalue weighted by Crippen LogP contribution is 2.20. The topological polar surface area (TPSA) is 227 Å². The lowest BCUT2D eigenvalue weighted by molar-refractivity contribution is 0.786. The first kappa shape index (κ1) is 42.1. The zero-order chi connectivity index (χ0) is 42.6. The fourth-order valence-corrected chi connectivity index (χ4v) is 6.02. The summed E-state index contributed by atoms with van der Waals surface area (Å²) in [6.07, 6.45) is 8.94. The number of aromatic nitrogens is 14. The van der Waals surface area contributed by atoms with Crippen LogP contribution in [0.2, 0.25) is 0 Å². The SMILES string of the molecule is Cc1ccc(C)c(C)c1.Cc1cnc(N)c2ncn(C)c12.Cc1cnc2c(cnn2C)c1C.Cc1nc(N)c2nc(C)n(C)c2n1.Cc1nc(N)c2ncn(C)c2n1. The van der Waals surface area contributed by atoms with E-state index < -0.39 is 0 Å². The van der Waals surface area contributed by atoms with Crippen molar-refractivity contribution in [3.63, 3.8) is 0 Å². The van der Waals surface area contributed by atoms with Gasteiger partial charge in [0.25, 0.3) is 0 Å². The summed E-state index contributed by atoms with van der Waals surface area (Å²) in [4.78, 5) is 37.3. The number of aryl methyl sites for hydroxylation is 13. The van der Waals surface area contributed by atoms with Crippen LogP contribution >= 0.6 is 0 Å². The number of benzene rings is 1. The van der Waals surface area contributed by atoms with Gasteiger partial charge < -0.3 is 30.9 Å². The molecule has 8 aromatic heterocycles. The van der Waals surface area contributed by atoms with Crippen LogP contribution in [0, 0.1) is 62.3 Å². The van der Waals surface area contributed by atoms with Crippen LogP contribution in [-0.4, -0.2) is 68.3 Å². The highest BCUT2D eigenvalue weighted by atomic mass is 15.3. The lowest BCUT2D eigenvalue weighted by atomic mass is 10.1. The molecule has 8 heterocycles. The molecule has 9 aromatic rings. The van der Waals surface area contributed by atoms with Crippen LogP contribution in [0.5, 0.6) is 0 Å². The van der Waals surface area contributed by atoms with Crippen molar-refractivity contribution in [2.75, 3.05) is 17.2 Å². The molecule has 0 saturated carbocycles. The van der Waals surface area contributed by atoms with E-state index in [1.54, 1.807) is 23.5 Å². The highest BCUT2D eigenvalue weighted by Gasteiger charge is 2.10. The Morgan fingerprint density at radius 1 is 0.500 bits per heavy atom. The van der Waals surface area contributed by atoms with E-state index in [9.17, 15) is 0 Å². The summed E-state index contributed by atoms with van der Waals surface area (Å²) < 4.78 is 7.46. The first-order valence-electron chi connectivity index (χ1n) is 18.5. The quantitative estimate of drug-likeness (QED) is 0.164. The first-order valence-corrected chi connectivity index (χ1v) is 18.5. The number of pyridine rings is 2. The Kier molecular flexibility index (Phi) is 12.6. The monoisotopic (exact) mass is 783 g/mol. The van der Waals surface area contributed by atoms with E-state index in [0.717, 1.165) is 44.7 Å². The van der Waals surface area contributed by atoms with E-state index in [1.807, 2.05) is 82.0 Å². The Balaban J connectivity index is 0.000000139. The Morgan fingerprint density at radius 3 is 1.74 bits per heavy atom. The van der Waals surface area contributed by atoms with Crippen LogP contribution in [0.25, 0.3) is 44.4 Å². The summed E-state index contributed by atoms with van der Waals surface area (Å²) in [6.45, 7) is 18.1. The minimum atomic E-state index is 0.443. The Labute approximate surface area is 337 Å². The van der Waals surface area contributed by atoms with Gasteiger partial charge >= 0.3 is 0 Å². The molecule has 17 nitrogen and oxygen atoms in total. The predicted molar refractivity (Wildman–Crippen MR) is 232 cm³/mol. The summed E-state index contributed by atoms with van der Waals surface area (Å²) in [5.74, 6) is 3.62. The normalized spacial score (nSPS) is 10.7. The molecule has 0 bridgehead atoms. The number of nitrogen functional groups attached to an aromatic ring is 3. The summed E-state index contributed by atoms with van der Waals surface area (Å²) in [6, 6.07) is 6.50. The number of hydrogen-bond donors (Lipinski definition) is 3. The number of imidazole rings is 3. The molecule has 17 heteroatoms. The molecule has 0 radical (unpaired) electrons. The van der Waals surface area contributed by atoms with Crippen LogP contribution < -0.4 is 17.2 Å². The fraction of sp³-hybridized carbons (Fsp3) is 0.317. The molecule has 0 atom stereocenters. The molecular formula is C41H53N17. The number of rotatable bonds is 0. The van der Waals surface area contributed by atoms with Crippen LogP contribution in [0.3, 0.4) is 0 Å². The van der Waals surface area contributed by atoms with E-state index in [4.69, 9.17) is 17.2 Å². The van der Waals surface area contributed by atoms with E-state index >= 15 is 0 Å². The molecule has 0 aliphatic carbocycles. The van der Waals surface area contributed by atoms with Gasteiger partial charge in [0.2, 0.25) is 0 Å². The van der Waals surface area contributed by atoms with Crippen LogP contribution in [0.1, 0.15) is 50.9 Å². The molecule has 0 saturated heterocycles. The van der Waals surface area contributed by atoms with Gasteiger partial charge in [-0.05, 0) is 90.1 Å². The molecule has 1 aromatic carbocycles. The zero-order valence-corrected chi connectivity index (χ0v) is 35.6. The van der Waals surface area contributed by atoms with Crippen LogP contribution in [0.4, 0.5) is 17.5 Å². The standard InChI is InChI=1S/C9H11N3.C9H12.C8H11N5.C8H10N4.C7H9N5/c1-6-4-10-9-8(7(6)2)5-11-12(9)3;1-7-4-5-8(2)9(3)6-7;1-4-10-7(9)6-8(11-4)13(3)5(2)12-6;1-5-3-10-8(9)6-7(5)12(2)4-11-6;1-4-10-6(8)5-7(11-4)12(2)3-9-5/h4-5H,1-3H3;4-6H,1-3H3;1-3H3,(H2,9,10,11);3-4H,1-2H3,(H2,9,10);3H,1-2H3,(H2,8,10,11). The first-order chi connectivity index (χ1) is 27.4. The second-order valence-corrected chi connectivity index (χ2v) is 14.3. The maximum atomic E-state index is 5.71. The van der Waals surface area contributed by atoms with Gasteiger partial charge in [-0.2, -0.15) is 5.10 Å². The third kappa shape index (κ3) is 9.15. The second kappa shape index (κ2) is 17.4. The van der Waals surface area contributed by atoms with Crippen molar-refractivity contribution in [3.8, 4) is 0 Å². The maximum absolute atomic E-state index is 5.71. The van der Waals surface area contributed by atoms with Crippen molar-refractivity contribution in [1.29, 1.82) is 0 Å². The van der Waals surface area contributed by atoms with Gasteiger partial charge in [-0.15, -0.1) is 0 Å². The third-order valence-electron chi connectivity index (χ3n) is 9.68. The molecule has 0 unspecified atom stereocenters. The van der Waals surface area contributed by atoms with Gasteiger partial charge in [-0.1, -0.05) is 23.8 Å². The average molecular weight is 784 g/mol. The molecule has 9 rings (SSSR count). The van der Waals surface area contributed by atoms with Gasteiger partial charge in [0.05, 0.1) is 24.4 Å². The van der Waals surface area contributed by atoms with Crippen molar-refractivity contribution in [2.24, 2.45) is 28.2 Å². The van der Waals surface area contributed by atoms with Gasteiger partial charge in [-0.25, -0.2) is 44.9 Å². The summed E-state index contributed by atoms with van der Waals surface area (Å²) in [5, 5.41) is 5.30. The second-order valence-electron chi connectivity index (χ2n) is 14.3. The number of nitrogens with two attached hydrogens (primary N) is 3. The smallest absolute Gasteiger partial charge is 0.165 e. The van der Waals surface area contributed by atoms with Gasteiger partial charge in [0.1, 0.15) is 28.5 Å². The van der Waals surface area contributed by atoms with Crippen LogP contribution in [-0.2, 0) is 28.2 Å². The maximum Gasteiger partial charge on any atom is 0.165 e. The predicted octanol–water partition coefficient (Wildman–Crippen LogP) is 5.87. The van der Waals surface area contributed by atoms with Crippen molar-refractivity contribution >= 4 is 61.8 Å². The van der Waals surface area contributed by atoms with Crippen LogP contribution in [0.15, 0.2) is 49.4 Å². The molecule has 0 aliphatic heterocycles. The fourth-order valence-electron chi connectivity index (χ4n) is 6.02. The minimum absolute atomic E-state index is 0.443.